The van der Waals surface area contributed by atoms with Crippen LogP contribution in [0.3, 0.4) is 0 Å². The van der Waals surface area contributed by atoms with Crippen LogP contribution in [0.5, 0.6) is 5.75 Å². The molecule has 0 spiro atoms. The Morgan fingerprint density at radius 3 is 2.30 bits per heavy atom. The summed E-state index contributed by atoms with van der Waals surface area (Å²) in [6, 6.07) is 16.7. The van der Waals surface area contributed by atoms with Crippen LogP contribution in [-0.2, 0) is 6.42 Å². The molecule has 0 radical (unpaired) electrons. The molecule has 0 heterocycles. The van der Waals surface area contributed by atoms with Crippen LogP contribution in [0.15, 0.2) is 48.5 Å². The Labute approximate surface area is 133 Å². The average Bonchev–Trinajstić information content (AvgIpc) is 2.48. The fourth-order valence-corrected chi connectivity index (χ4v) is 2.45. The van der Waals surface area contributed by atoms with E-state index in [1.54, 1.807) is 0 Å². The van der Waals surface area contributed by atoms with Crippen LogP contribution in [0.2, 0.25) is 0 Å². The highest BCUT2D eigenvalue weighted by Crippen LogP contribution is 2.21. The predicted octanol–water partition coefficient (Wildman–Crippen LogP) is 3.44. The second kappa shape index (κ2) is 7.61. The molecule has 0 amide bonds. The fourth-order valence-electron chi connectivity index (χ4n) is 2.09. The molecule has 3 N–H and O–H groups in total. The highest BCUT2D eigenvalue weighted by Gasteiger charge is 2.10. The second-order valence-corrected chi connectivity index (χ2v) is 5.80. The first-order valence-corrected chi connectivity index (χ1v) is 7.74. The van der Waals surface area contributed by atoms with E-state index in [2.05, 4.69) is 64.4 Å². The second-order valence-electron chi connectivity index (χ2n) is 4.55. The molecule has 1 unspecified atom stereocenters. The topological polar surface area (TPSA) is 47.3 Å². The Kier molecular flexibility index (Phi) is 5.82. The molecule has 3 nitrogen and oxygen atoms in total. The normalized spacial score (nSPS) is 12.2. The van der Waals surface area contributed by atoms with Crippen molar-refractivity contribution >= 4 is 22.6 Å². The molecule has 0 aliphatic heterocycles. The molecule has 2 aromatic carbocycles. The van der Waals surface area contributed by atoms with Gasteiger partial charge in [0.15, 0.2) is 0 Å². The molecule has 0 aromatic heterocycles. The number of benzene rings is 2. The number of ether oxygens (including phenoxy) is 1. The first-order chi connectivity index (χ1) is 9.72. The molecule has 0 aliphatic rings. The Morgan fingerprint density at radius 2 is 1.75 bits per heavy atom. The monoisotopic (exact) mass is 382 g/mol. The van der Waals surface area contributed by atoms with Crippen molar-refractivity contribution < 1.29 is 4.74 Å². The summed E-state index contributed by atoms with van der Waals surface area (Å²) in [6.45, 7) is 2.66. The number of hydrogen-bond donors (Lipinski definition) is 2. The maximum atomic E-state index is 5.70. The van der Waals surface area contributed by atoms with Crippen molar-refractivity contribution in [1.29, 1.82) is 0 Å². The van der Waals surface area contributed by atoms with E-state index in [0.717, 1.165) is 17.7 Å². The molecule has 0 bridgehead atoms. The van der Waals surface area contributed by atoms with Crippen molar-refractivity contribution in [2.75, 3.05) is 6.61 Å². The van der Waals surface area contributed by atoms with E-state index in [-0.39, 0.29) is 6.04 Å². The molecule has 2 rings (SSSR count). The molecular weight excluding hydrogens is 363 g/mol. The first-order valence-electron chi connectivity index (χ1n) is 6.66. The summed E-state index contributed by atoms with van der Waals surface area (Å²) in [7, 11) is 0. The van der Waals surface area contributed by atoms with Crippen molar-refractivity contribution in [3.05, 3.63) is 63.2 Å². The first kappa shape index (κ1) is 15.3. The van der Waals surface area contributed by atoms with Gasteiger partial charge in [0, 0.05) is 9.61 Å². The van der Waals surface area contributed by atoms with Crippen molar-refractivity contribution in [2.24, 2.45) is 5.84 Å². The molecule has 0 saturated carbocycles. The van der Waals surface area contributed by atoms with Gasteiger partial charge < -0.3 is 4.74 Å². The van der Waals surface area contributed by atoms with Gasteiger partial charge in [-0.25, -0.2) is 0 Å². The number of nitrogens with one attached hydrogen (secondary N) is 1. The lowest BCUT2D eigenvalue weighted by Crippen LogP contribution is -2.29. The summed E-state index contributed by atoms with van der Waals surface area (Å²) in [5.41, 5.74) is 5.32. The van der Waals surface area contributed by atoms with E-state index >= 15 is 0 Å². The van der Waals surface area contributed by atoms with E-state index in [1.807, 2.05) is 19.1 Å². The number of nitrogens with two attached hydrogens (primary N) is 1. The van der Waals surface area contributed by atoms with Gasteiger partial charge >= 0.3 is 0 Å². The average molecular weight is 382 g/mol. The molecular formula is C16H19IN2O. The zero-order valence-corrected chi connectivity index (χ0v) is 13.6. The van der Waals surface area contributed by atoms with Crippen LogP contribution >= 0.6 is 22.6 Å². The Morgan fingerprint density at radius 1 is 1.10 bits per heavy atom. The third kappa shape index (κ3) is 4.19. The number of hydrogen-bond acceptors (Lipinski definition) is 3. The van der Waals surface area contributed by atoms with E-state index in [0.29, 0.717) is 6.61 Å². The van der Waals surface area contributed by atoms with Crippen molar-refractivity contribution in [3.63, 3.8) is 0 Å². The maximum Gasteiger partial charge on any atom is 0.119 e. The summed E-state index contributed by atoms with van der Waals surface area (Å²) in [6.07, 6.45) is 0.863. The van der Waals surface area contributed by atoms with Crippen molar-refractivity contribution in [1.82, 2.24) is 5.43 Å². The van der Waals surface area contributed by atoms with Gasteiger partial charge in [-0.05, 0) is 71.3 Å². The highest BCUT2D eigenvalue weighted by atomic mass is 127. The lowest BCUT2D eigenvalue weighted by Gasteiger charge is -2.17. The van der Waals surface area contributed by atoms with Gasteiger partial charge in [-0.3, -0.25) is 11.3 Å². The molecule has 1 atom stereocenters. The Bertz CT molecular complexity index is 525. The van der Waals surface area contributed by atoms with Crippen LogP contribution in [-0.4, -0.2) is 6.61 Å². The van der Waals surface area contributed by atoms with Gasteiger partial charge in [0.1, 0.15) is 5.75 Å². The molecule has 0 aliphatic carbocycles. The van der Waals surface area contributed by atoms with E-state index < -0.39 is 0 Å². The van der Waals surface area contributed by atoms with Crippen molar-refractivity contribution in [2.45, 2.75) is 19.4 Å². The summed E-state index contributed by atoms with van der Waals surface area (Å²) in [5, 5.41) is 0. The SMILES string of the molecule is CCOc1ccc(C(Cc2ccc(I)cc2)NN)cc1. The fraction of sp³-hybridized carbons (Fsp3) is 0.250. The predicted molar refractivity (Wildman–Crippen MR) is 90.5 cm³/mol. The standard InChI is InChI=1S/C16H19IN2O/c1-2-20-15-9-5-13(6-10-15)16(19-18)11-12-3-7-14(17)8-4-12/h3-10,16,19H,2,11,18H2,1H3. The molecule has 20 heavy (non-hydrogen) atoms. The molecule has 2 aromatic rings. The summed E-state index contributed by atoms with van der Waals surface area (Å²) >= 11 is 2.31. The highest BCUT2D eigenvalue weighted by molar-refractivity contribution is 14.1. The van der Waals surface area contributed by atoms with Gasteiger partial charge in [-0.15, -0.1) is 0 Å². The molecule has 106 valence electrons. The van der Waals surface area contributed by atoms with Crippen LogP contribution in [0, 0.1) is 3.57 Å². The lowest BCUT2D eigenvalue weighted by atomic mass is 9.99. The number of halogens is 1. The minimum Gasteiger partial charge on any atom is -0.494 e. The van der Waals surface area contributed by atoms with Crippen LogP contribution in [0.4, 0.5) is 0 Å². The third-order valence-electron chi connectivity index (χ3n) is 3.15. The lowest BCUT2D eigenvalue weighted by molar-refractivity contribution is 0.340. The van der Waals surface area contributed by atoms with Crippen molar-refractivity contribution in [3.8, 4) is 5.75 Å². The van der Waals surface area contributed by atoms with E-state index in [9.17, 15) is 0 Å². The van der Waals surface area contributed by atoms with E-state index in [1.165, 1.54) is 9.13 Å². The maximum absolute atomic E-state index is 5.70. The Balaban J connectivity index is 2.09. The molecule has 0 saturated heterocycles. The summed E-state index contributed by atoms with van der Waals surface area (Å²) < 4.78 is 6.69. The number of hydrazine groups is 1. The van der Waals surface area contributed by atoms with Crippen LogP contribution in [0.1, 0.15) is 24.1 Å². The van der Waals surface area contributed by atoms with Gasteiger partial charge in [-0.2, -0.15) is 0 Å². The van der Waals surface area contributed by atoms with Crippen LogP contribution < -0.4 is 16.0 Å². The summed E-state index contributed by atoms with van der Waals surface area (Å²) in [5.74, 6) is 6.59. The third-order valence-corrected chi connectivity index (χ3v) is 3.87. The largest absolute Gasteiger partial charge is 0.494 e. The minimum absolute atomic E-state index is 0.103. The van der Waals surface area contributed by atoms with Gasteiger partial charge in [0.2, 0.25) is 0 Å². The zero-order chi connectivity index (χ0) is 14.4. The molecule has 4 heteroatoms. The Hall–Kier alpha value is -1.11. The van der Waals surface area contributed by atoms with E-state index in [4.69, 9.17) is 10.6 Å². The van der Waals surface area contributed by atoms with Crippen LogP contribution in [0.25, 0.3) is 0 Å². The van der Waals surface area contributed by atoms with Gasteiger partial charge in [-0.1, -0.05) is 24.3 Å². The smallest absolute Gasteiger partial charge is 0.119 e. The molecule has 0 fully saturated rings. The van der Waals surface area contributed by atoms with Gasteiger partial charge in [0.25, 0.3) is 0 Å². The number of rotatable bonds is 6. The van der Waals surface area contributed by atoms with Gasteiger partial charge in [0.05, 0.1) is 6.61 Å². The minimum atomic E-state index is 0.103. The summed E-state index contributed by atoms with van der Waals surface area (Å²) in [4.78, 5) is 0. The quantitative estimate of drug-likeness (QED) is 0.457. The zero-order valence-electron chi connectivity index (χ0n) is 11.5.